The Hall–Kier alpha value is -1.38. The molecule has 6 nitrogen and oxygen atoms in total. The molecule has 0 saturated carbocycles. The van der Waals surface area contributed by atoms with Crippen LogP contribution in [-0.4, -0.2) is 25.0 Å². The van der Waals surface area contributed by atoms with Gasteiger partial charge < -0.3 is 10.9 Å². The van der Waals surface area contributed by atoms with Gasteiger partial charge in [0.25, 0.3) is 0 Å². The van der Waals surface area contributed by atoms with E-state index in [0.29, 0.717) is 0 Å². The Balaban J connectivity index is 3.23. The minimum Gasteiger partial charge on any atom is -0.409 e. The molecule has 0 atom stereocenters. The van der Waals surface area contributed by atoms with Gasteiger partial charge in [-0.2, -0.15) is 4.72 Å². The molecule has 0 aromatic heterocycles. The second-order valence-electron chi connectivity index (χ2n) is 4.29. The molecule has 0 aliphatic heterocycles. The lowest BCUT2D eigenvalue weighted by Gasteiger charge is -2.24. The van der Waals surface area contributed by atoms with Crippen molar-refractivity contribution in [2.75, 3.05) is 0 Å². The molecule has 1 aromatic rings. The van der Waals surface area contributed by atoms with Gasteiger partial charge in [0.05, 0.1) is 10.6 Å². The first-order valence-corrected chi connectivity index (χ1v) is 6.93. The third-order valence-electron chi connectivity index (χ3n) is 2.32. The Labute approximate surface area is 115 Å². The lowest BCUT2D eigenvalue weighted by molar-refractivity contribution is 0.312. The second kappa shape index (κ2) is 5.32. The smallest absolute Gasteiger partial charge is 0.243 e. The van der Waals surface area contributed by atoms with E-state index >= 15 is 0 Å². The molecule has 0 saturated heterocycles. The van der Waals surface area contributed by atoms with Crippen LogP contribution < -0.4 is 10.5 Å². The van der Waals surface area contributed by atoms with Gasteiger partial charge in [0.2, 0.25) is 10.0 Å². The summed E-state index contributed by atoms with van der Waals surface area (Å²) in [6, 6.07) is 2.95. The molecular formula is C10H13ClFN3O3S. The fraction of sp³-hybridized carbons (Fsp3) is 0.300. The fourth-order valence-electron chi connectivity index (χ4n) is 1.25. The highest BCUT2D eigenvalue weighted by Gasteiger charge is 2.31. The molecule has 0 aliphatic carbocycles. The van der Waals surface area contributed by atoms with Crippen LogP contribution in [0.25, 0.3) is 0 Å². The molecule has 0 spiro atoms. The van der Waals surface area contributed by atoms with Crippen LogP contribution in [0.5, 0.6) is 0 Å². The maximum absolute atomic E-state index is 13.1. The molecule has 4 N–H and O–H groups in total. The van der Waals surface area contributed by atoms with Crippen molar-refractivity contribution in [3.63, 3.8) is 0 Å². The molecule has 0 unspecified atom stereocenters. The monoisotopic (exact) mass is 309 g/mol. The van der Waals surface area contributed by atoms with E-state index in [1.165, 1.54) is 13.8 Å². The third kappa shape index (κ3) is 3.55. The highest BCUT2D eigenvalue weighted by atomic mass is 35.5. The van der Waals surface area contributed by atoms with Crippen molar-refractivity contribution >= 4 is 27.5 Å². The van der Waals surface area contributed by atoms with Crippen molar-refractivity contribution in [2.45, 2.75) is 24.3 Å². The number of halogens is 2. The predicted molar refractivity (Wildman–Crippen MR) is 69.2 cm³/mol. The molecule has 9 heteroatoms. The molecule has 0 aliphatic rings. The quantitative estimate of drug-likeness (QED) is 0.337. The first kappa shape index (κ1) is 15.7. The van der Waals surface area contributed by atoms with E-state index in [1.807, 2.05) is 0 Å². The molecular weight excluding hydrogens is 297 g/mol. The summed E-state index contributed by atoms with van der Waals surface area (Å²) in [7, 11) is -4.12. The highest BCUT2D eigenvalue weighted by Crippen LogP contribution is 2.23. The molecule has 0 heterocycles. The van der Waals surface area contributed by atoms with Crippen LogP contribution in [0.2, 0.25) is 5.02 Å². The zero-order valence-electron chi connectivity index (χ0n) is 10.2. The van der Waals surface area contributed by atoms with Crippen LogP contribution >= 0.6 is 11.6 Å². The van der Waals surface area contributed by atoms with E-state index < -0.39 is 26.3 Å². The van der Waals surface area contributed by atoms with Crippen molar-refractivity contribution in [1.29, 1.82) is 0 Å². The number of nitrogens with two attached hydrogens (primary N) is 1. The van der Waals surface area contributed by atoms with Crippen LogP contribution in [-0.2, 0) is 10.0 Å². The van der Waals surface area contributed by atoms with Crippen molar-refractivity contribution < 1.29 is 18.0 Å². The van der Waals surface area contributed by atoms with Crippen LogP contribution in [0.1, 0.15) is 13.8 Å². The lowest BCUT2D eigenvalue weighted by atomic mass is 10.1. The summed E-state index contributed by atoms with van der Waals surface area (Å²) in [6.45, 7) is 2.76. The van der Waals surface area contributed by atoms with Crippen LogP contribution in [0.15, 0.2) is 28.3 Å². The number of amidine groups is 1. The minimum atomic E-state index is -4.12. The summed E-state index contributed by atoms with van der Waals surface area (Å²) in [4.78, 5) is -0.423. The van der Waals surface area contributed by atoms with Gasteiger partial charge in [-0.1, -0.05) is 16.8 Å². The van der Waals surface area contributed by atoms with Gasteiger partial charge >= 0.3 is 0 Å². The van der Waals surface area contributed by atoms with Crippen LogP contribution in [0.4, 0.5) is 4.39 Å². The Kier molecular flexibility index (Phi) is 4.39. The molecule has 19 heavy (non-hydrogen) atoms. The highest BCUT2D eigenvalue weighted by molar-refractivity contribution is 7.89. The summed E-state index contributed by atoms with van der Waals surface area (Å²) in [5.41, 5.74) is 4.01. The number of nitrogens with zero attached hydrogens (tertiary/aromatic N) is 1. The first-order chi connectivity index (χ1) is 8.60. The largest absolute Gasteiger partial charge is 0.409 e. The Bertz CT molecular complexity index is 616. The van der Waals surface area contributed by atoms with E-state index in [4.69, 9.17) is 22.5 Å². The van der Waals surface area contributed by atoms with Crippen molar-refractivity contribution in [1.82, 2.24) is 4.72 Å². The topological polar surface area (TPSA) is 105 Å². The van der Waals surface area contributed by atoms with E-state index in [9.17, 15) is 12.8 Å². The summed E-state index contributed by atoms with van der Waals surface area (Å²) in [5, 5.41) is 11.2. The third-order valence-corrected chi connectivity index (χ3v) is 4.46. The van der Waals surface area contributed by atoms with E-state index in [1.54, 1.807) is 0 Å². The molecule has 1 aromatic carbocycles. The SMILES string of the molecule is CC(C)(NS(=O)(=O)c1cc(F)ccc1Cl)/C(N)=N/O. The lowest BCUT2D eigenvalue weighted by Crippen LogP contribution is -2.53. The number of benzene rings is 1. The predicted octanol–water partition coefficient (Wildman–Crippen LogP) is 1.28. The van der Waals surface area contributed by atoms with Gasteiger partial charge in [0, 0.05) is 0 Å². The van der Waals surface area contributed by atoms with Crippen molar-refractivity contribution in [3.05, 3.63) is 29.0 Å². The van der Waals surface area contributed by atoms with Gasteiger partial charge in [-0.25, -0.2) is 12.8 Å². The zero-order valence-corrected chi connectivity index (χ0v) is 11.8. The van der Waals surface area contributed by atoms with Gasteiger partial charge in [0.1, 0.15) is 10.7 Å². The maximum atomic E-state index is 13.1. The van der Waals surface area contributed by atoms with Gasteiger partial charge in [-0.15, -0.1) is 0 Å². The summed E-state index contributed by atoms with van der Waals surface area (Å²) in [5.74, 6) is -1.09. The van der Waals surface area contributed by atoms with Gasteiger partial charge in [0.15, 0.2) is 5.84 Å². The second-order valence-corrected chi connectivity index (χ2v) is 6.35. The fourth-order valence-corrected chi connectivity index (χ4v) is 3.15. The zero-order chi connectivity index (χ0) is 14.8. The van der Waals surface area contributed by atoms with Crippen molar-refractivity contribution in [2.24, 2.45) is 10.9 Å². The van der Waals surface area contributed by atoms with Gasteiger partial charge in [-0.05, 0) is 32.0 Å². The Morgan fingerprint density at radius 3 is 2.63 bits per heavy atom. The number of rotatable bonds is 4. The first-order valence-electron chi connectivity index (χ1n) is 5.07. The maximum Gasteiger partial charge on any atom is 0.243 e. The standard InChI is InChI=1S/C10H13ClFN3O3S/c1-10(2,9(13)14-16)15-19(17,18)8-5-6(12)3-4-7(8)11/h3-5,15-16H,1-2H3,(H2,13,14). The van der Waals surface area contributed by atoms with Crippen LogP contribution in [0, 0.1) is 5.82 Å². The number of nitrogens with one attached hydrogen (secondary N) is 1. The van der Waals surface area contributed by atoms with Crippen molar-refractivity contribution in [3.8, 4) is 0 Å². The minimum absolute atomic E-state index is 0.135. The molecule has 0 amide bonds. The summed E-state index contributed by atoms with van der Waals surface area (Å²) >= 11 is 5.73. The van der Waals surface area contributed by atoms with Gasteiger partial charge in [-0.3, -0.25) is 0 Å². The van der Waals surface area contributed by atoms with E-state index in [-0.39, 0.29) is 10.9 Å². The Morgan fingerprint density at radius 2 is 2.11 bits per heavy atom. The molecule has 0 bridgehead atoms. The average molecular weight is 310 g/mol. The average Bonchev–Trinajstić information content (AvgIpc) is 2.29. The summed E-state index contributed by atoms with van der Waals surface area (Å²) in [6.07, 6.45) is 0. The van der Waals surface area contributed by atoms with E-state index in [2.05, 4.69) is 9.88 Å². The van der Waals surface area contributed by atoms with Crippen LogP contribution in [0.3, 0.4) is 0 Å². The van der Waals surface area contributed by atoms with E-state index in [0.717, 1.165) is 18.2 Å². The number of hydrogen-bond acceptors (Lipinski definition) is 4. The molecule has 0 radical (unpaired) electrons. The summed E-state index contributed by atoms with van der Waals surface area (Å²) < 4.78 is 39.4. The Morgan fingerprint density at radius 1 is 1.53 bits per heavy atom. The molecule has 0 fully saturated rings. The number of oxime groups is 1. The molecule has 106 valence electrons. The molecule has 1 rings (SSSR count). The normalized spacial score (nSPS) is 13.6. The number of hydrogen-bond donors (Lipinski definition) is 3. The number of sulfonamides is 1.